The van der Waals surface area contributed by atoms with Crippen molar-refractivity contribution in [3.05, 3.63) is 16.4 Å². The number of halogens is 5. The number of rotatable bonds is 3. The van der Waals surface area contributed by atoms with E-state index >= 15 is 0 Å². The van der Waals surface area contributed by atoms with Crippen LogP contribution in [-0.4, -0.2) is 22.4 Å². The molecule has 1 aromatic heterocycles. The molecule has 0 bridgehead atoms. The van der Waals surface area contributed by atoms with Gasteiger partial charge < -0.3 is 4.74 Å². The van der Waals surface area contributed by atoms with Crippen molar-refractivity contribution < 1.29 is 27.1 Å². The van der Waals surface area contributed by atoms with Gasteiger partial charge in [-0.3, -0.25) is 4.68 Å². The van der Waals surface area contributed by atoms with Crippen molar-refractivity contribution in [2.75, 3.05) is 0 Å². The lowest BCUT2D eigenvalue weighted by Crippen LogP contribution is -2.11. The standard InChI is InChI=1S/C7H5ClF4N2O2/c1-14-4(8)2(3(13-14)5(9)10)6(15)16-7(11)12/h5,7H,1H3. The number of nitrogens with zero attached hydrogens (tertiary/aromatic N) is 2. The summed E-state index contributed by atoms with van der Waals surface area (Å²) >= 11 is 5.46. The van der Waals surface area contributed by atoms with Crippen LogP contribution in [0.3, 0.4) is 0 Å². The molecule has 0 unspecified atom stereocenters. The number of aromatic nitrogens is 2. The Balaban J connectivity index is 3.15. The van der Waals surface area contributed by atoms with Crippen molar-refractivity contribution in [3.63, 3.8) is 0 Å². The Morgan fingerprint density at radius 3 is 2.44 bits per heavy atom. The fraction of sp³-hybridized carbons (Fsp3) is 0.429. The van der Waals surface area contributed by atoms with Crippen molar-refractivity contribution in [2.45, 2.75) is 13.0 Å². The van der Waals surface area contributed by atoms with Gasteiger partial charge in [-0.2, -0.15) is 13.9 Å². The van der Waals surface area contributed by atoms with Gasteiger partial charge in [-0.1, -0.05) is 11.6 Å². The molecule has 0 saturated carbocycles. The van der Waals surface area contributed by atoms with E-state index in [9.17, 15) is 22.4 Å². The number of ether oxygens (including phenoxy) is 1. The molecule has 0 aromatic carbocycles. The lowest BCUT2D eigenvalue weighted by atomic mass is 10.2. The smallest absolute Gasteiger partial charge is 0.389 e. The Morgan fingerprint density at radius 2 is 2.00 bits per heavy atom. The van der Waals surface area contributed by atoms with Gasteiger partial charge in [0.2, 0.25) is 0 Å². The summed E-state index contributed by atoms with van der Waals surface area (Å²) in [5.74, 6) is -1.64. The Bertz CT molecular complexity index is 407. The van der Waals surface area contributed by atoms with Gasteiger partial charge in [0.1, 0.15) is 16.4 Å². The van der Waals surface area contributed by atoms with Crippen molar-refractivity contribution in [1.82, 2.24) is 9.78 Å². The molecule has 1 aromatic rings. The lowest BCUT2D eigenvalue weighted by Gasteiger charge is -2.02. The van der Waals surface area contributed by atoms with Crippen LogP contribution in [0.2, 0.25) is 5.15 Å². The van der Waals surface area contributed by atoms with Crippen LogP contribution in [-0.2, 0) is 11.8 Å². The average Bonchev–Trinajstić information content (AvgIpc) is 2.42. The van der Waals surface area contributed by atoms with Gasteiger partial charge >= 0.3 is 12.6 Å². The van der Waals surface area contributed by atoms with Crippen LogP contribution < -0.4 is 0 Å². The van der Waals surface area contributed by atoms with E-state index in [1.807, 2.05) is 0 Å². The summed E-state index contributed by atoms with van der Waals surface area (Å²) < 4.78 is 52.5. The van der Waals surface area contributed by atoms with Crippen molar-refractivity contribution in [3.8, 4) is 0 Å². The normalized spacial score (nSPS) is 11.2. The molecule has 0 amide bonds. The second-order valence-electron chi connectivity index (χ2n) is 2.64. The monoisotopic (exact) mass is 260 g/mol. The van der Waals surface area contributed by atoms with Crippen molar-refractivity contribution >= 4 is 17.6 Å². The maximum atomic E-state index is 12.4. The summed E-state index contributed by atoms with van der Waals surface area (Å²) in [5.41, 5.74) is -1.84. The first kappa shape index (κ1) is 12.8. The Morgan fingerprint density at radius 1 is 1.44 bits per heavy atom. The van der Waals surface area contributed by atoms with E-state index in [1.54, 1.807) is 0 Å². The number of alkyl halides is 4. The molecule has 4 nitrogen and oxygen atoms in total. The number of hydrogen-bond donors (Lipinski definition) is 0. The molecule has 9 heteroatoms. The van der Waals surface area contributed by atoms with E-state index < -0.39 is 35.4 Å². The minimum atomic E-state index is -3.41. The molecule has 0 aliphatic rings. The molecule has 0 aliphatic carbocycles. The molecule has 1 heterocycles. The third kappa shape index (κ3) is 2.43. The van der Waals surface area contributed by atoms with Crippen LogP contribution in [0.4, 0.5) is 17.6 Å². The number of esters is 1. The fourth-order valence-corrected chi connectivity index (χ4v) is 1.22. The van der Waals surface area contributed by atoms with Crippen LogP contribution in [0.5, 0.6) is 0 Å². The zero-order valence-corrected chi connectivity index (χ0v) is 8.51. The summed E-state index contributed by atoms with van der Waals surface area (Å²) in [6, 6.07) is 0. The highest BCUT2D eigenvalue weighted by Crippen LogP contribution is 2.28. The summed E-state index contributed by atoms with van der Waals surface area (Å²) in [6.07, 6.45) is -3.11. The lowest BCUT2D eigenvalue weighted by molar-refractivity contribution is -0.0908. The average molecular weight is 261 g/mol. The quantitative estimate of drug-likeness (QED) is 0.619. The zero-order valence-electron chi connectivity index (χ0n) is 7.76. The topological polar surface area (TPSA) is 44.1 Å². The molecule has 0 saturated heterocycles. The van der Waals surface area contributed by atoms with Crippen LogP contribution in [0.15, 0.2) is 0 Å². The highest BCUT2D eigenvalue weighted by Gasteiger charge is 2.29. The van der Waals surface area contributed by atoms with E-state index in [0.717, 1.165) is 4.68 Å². The molecule has 0 aliphatic heterocycles. The van der Waals surface area contributed by atoms with Gasteiger partial charge in [0, 0.05) is 7.05 Å². The van der Waals surface area contributed by atoms with Gasteiger partial charge in [-0.05, 0) is 0 Å². The van der Waals surface area contributed by atoms with Gasteiger partial charge in [0.25, 0.3) is 6.43 Å². The Hall–Kier alpha value is -1.31. The molecular formula is C7H5ClF4N2O2. The first-order valence-corrected chi connectivity index (χ1v) is 4.22. The van der Waals surface area contributed by atoms with E-state index in [0.29, 0.717) is 0 Å². The van der Waals surface area contributed by atoms with E-state index in [-0.39, 0.29) is 0 Å². The molecule has 16 heavy (non-hydrogen) atoms. The molecule has 0 fully saturated rings. The van der Waals surface area contributed by atoms with E-state index in [1.165, 1.54) is 7.05 Å². The molecule has 0 radical (unpaired) electrons. The van der Waals surface area contributed by atoms with Gasteiger partial charge in [-0.25, -0.2) is 13.6 Å². The third-order valence-corrected chi connectivity index (χ3v) is 2.04. The van der Waals surface area contributed by atoms with Crippen molar-refractivity contribution in [2.24, 2.45) is 7.05 Å². The van der Waals surface area contributed by atoms with Crippen LogP contribution in [0.25, 0.3) is 0 Å². The summed E-state index contributed by atoms with van der Waals surface area (Å²) in [7, 11) is 1.19. The van der Waals surface area contributed by atoms with Crippen LogP contribution >= 0.6 is 11.6 Å². The molecule has 0 spiro atoms. The molecule has 0 atom stereocenters. The zero-order chi connectivity index (χ0) is 12.5. The fourth-order valence-electron chi connectivity index (χ4n) is 1.00. The van der Waals surface area contributed by atoms with Crippen molar-refractivity contribution in [1.29, 1.82) is 0 Å². The predicted molar refractivity (Wildman–Crippen MR) is 44.6 cm³/mol. The molecule has 90 valence electrons. The minimum Gasteiger partial charge on any atom is -0.399 e. The van der Waals surface area contributed by atoms with Gasteiger partial charge in [0.15, 0.2) is 0 Å². The van der Waals surface area contributed by atoms with Gasteiger partial charge in [0.05, 0.1) is 0 Å². The number of aryl methyl sites for hydroxylation is 1. The maximum absolute atomic E-state index is 12.4. The molecule has 0 N–H and O–H groups in total. The number of carbonyl (C=O) groups excluding carboxylic acids is 1. The molecule has 1 rings (SSSR count). The van der Waals surface area contributed by atoms with Crippen LogP contribution in [0, 0.1) is 0 Å². The first-order valence-electron chi connectivity index (χ1n) is 3.84. The number of carbonyl (C=O) groups is 1. The second-order valence-corrected chi connectivity index (χ2v) is 3.00. The number of hydrogen-bond acceptors (Lipinski definition) is 3. The Labute approximate surface area is 91.7 Å². The summed E-state index contributed by atoms with van der Waals surface area (Å²) in [5, 5.41) is 2.74. The highest BCUT2D eigenvalue weighted by molar-refractivity contribution is 6.32. The van der Waals surface area contributed by atoms with E-state index in [4.69, 9.17) is 11.6 Å². The van der Waals surface area contributed by atoms with Crippen LogP contribution in [0.1, 0.15) is 22.5 Å². The van der Waals surface area contributed by atoms with Gasteiger partial charge in [-0.15, -0.1) is 0 Å². The second kappa shape index (κ2) is 4.69. The highest BCUT2D eigenvalue weighted by atomic mass is 35.5. The van der Waals surface area contributed by atoms with E-state index in [2.05, 4.69) is 9.84 Å². The largest absolute Gasteiger partial charge is 0.399 e. The minimum absolute atomic E-state index is 0.485. The third-order valence-electron chi connectivity index (χ3n) is 1.61. The maximum Gasteiger partial charge on any atom is 0.389 e. The first-order chi connectivity index (χ1) is 7.34. The molecular weight excluding hydrogens is 256 g/mol. The predicted octanol–water partition coefficient (Wildman–Crippen LogP) is 2.39. The summed E-state index contributed by atoms with van der Waals surface area (Å²) in [4.78, 5) is 11.0. The SMILES string of the molecule is Cn1nc(C(F)F)c(C(=O)OC(F)F)c1Cl. The summed E-state index contributed by atoms with van der Waals surface area (Å²) in [6.45, 7) is -3.41. The Kier molecular flexibility index (Phi) is 3.74.